The summed E-state index contributed by atoms with van der Waals surface area (Å²) in [5.74, 6) is 0.00578. The van der Waals surface area contributed by atoms with Crippen molar-refractivity contribution in [3.05, 3.63) is 63.7 Å². The first-order valence-corrected chi connectivity index (χ1v) is 7.05. The SMILES string of the molecule is Cc1cc(Cl)ccc1C(=O)c1ccc2c(c1)CC(=O)N2C. The summed E-state index contributed by atoms with van der Waals surface area (Å²) in [5, 5.41) is 0.616. The van der Waals surface area contributed by atoms with Gasteiger partial charge >= 0.3 is 0 Å². The van der Waals surface area contributed by atoms with Crippen molar-refractivity contribution in [2.75, 3.05) is 11.9 Å². The molecule has 0 aliphatic carbocycles. The minimum Gasteiger partial charge on any atom is -0.315 e. The third-order valence-corrected chi connectivity index (χ3v) is 4.09. The Morgan fingerprint density at radius 3 is 2.67 bits per heavy atom. The van der Waals surface area contributed by atoms with Crippen LogP contribution in [0.15, 0.2) is 36.4 Å². The molecule has 0 aromatic heterocycles. The van der Waals surface area contributed by atoms with Crippen molar-refractivity contribution in [2.24, 2.45) is 0 Å². The van der Waals surface area contributed by atoms with Crippen molar-refractivity contribution in [1.82, 2.24) is 0 Å². The summed E-state index contributed by atoms with van der Waals surface area (Å²) >= 11 is 5.92. The van der Waals surface area contributed by atoms with Crippen LogP contribution in [0.5, 0.6) is 0 Å². The first-order chi connectivity index (χ1) is 9.97. The molecular weight excluding hydrogens is 286 g/mol. The Morgan fingerprint density at radius 1 is 1.19 bits per heavy atom. The van der Waals surface area contributed by atoms with Gasteiger partial charge in [0.05, 0.1) is 6.42 Å². The number of nitrogens with zero attached hydrogens (tertiary/aromatic N) is 1. The predicted octanol–water partition coefficient (Wildman–Crippen LogP) is 3.40. The smallest absolute Gasteiger partial charge is 0.231 e. The molecule has 0 spiro atoms. The zero-order valence-corrected chi connectivity index (χ0v) is 12.6. The summed E-state index contributed by atoms with van der Waals surface area (Å²) in [7, 11) is 1.75. The zero-order chi connectivity index (χ0) is 15.1. The molecular formula is C17H14ClNO2. The number of aryl methyl sites for hydroxylation is 1. The van der Waals surface area contributed by atoms with E-state index in [4.69, 9.17) is 11.6 Å². The fourth-order valence-electron chi connectivity index (χ4n) is 2.65. The molecule has 0 radical (unpaired) electrons. The fraction of sp³-hybridized carbons (Fsp3) is 0.176. The van der Waals surface area contributed by atoms with Gasteiger partial charge in [-0.2, -0.15) is 0 Å². The molecule has 1 heterocycles. The number of rotatable bonds is 2. The third kappa shape index (κ3) is 2.34. The molecule has 3 nitrogen and oxygen atoms in total. The highest BCUT2D eigenvalue weighted by molar-refractivity contribution is 6.30. The number of ketones is 1. The lowest BCUT2D eigenvalue weighted by atomic mass is 9.97. The van der Waals surface area contributed by atoms with E-state index in [0.29, 0.717) is 22.6 Å². The highest BCUT2D eigenvalue weighted by atomic mass is 35.5. The molecule has 2 aromatic rings. The number of benzene rings is 2. The van der Waals surface area contributed by atoms with Gasteiger partial charge in [0.1, 0.15) is 0 Å². The number of anilines is 1. The minimum absolute atomic E-state index is 0.0473. The van der Waals surface area contributed by atoms with E-state index in [2.05, 4.69) is 0 Å². The minimum atomic E-state index is -0.0473. The molecule has 0 saturated carbocycles. The first-order valence-electron chi connectivity index (χ1n) is 6.67. The standard InChI is InChI=1S/C17H14ClNO2/c1-10-7-13(18)4-5-14(10)17(21)11-3-6-15-12(8-11)9-16(20)19(15)2/h3-8H,9H2,1-2H3. The molecule has 0 N–H and O–H groups in total. The van der Waals surface area contributed by atoms with Crippen LogP contribution in [0.1, 0.15) is 27.0 Å². The molecule has 1 amide bonds. The highest BCUT2D eigenvalue weighted by Crippen LogP contribution is 2.29. The lowest BCUT2D eigenvalue weighted by molar-refractivity contribution is -0.117. The van der Waals surface area contributed by atoms with Crippen molar-refractivity contribution in [1.29, 1.82) is 0 Å². The zero-order valence-electron chi connectivity index (χ0n) is 11.8. The van der Waals surface area contributed by atoms with Gasteiger partial charge in [0, 0.05) is 28.9 Å². The molecule has 106 valence electrons. The van der Waals surface area contributed by atoms with Crippen LogP contribution in [-0.4, -0.2) is 18.7 Å². The largest absolute Gasteiger partial charge is 0.315 e. The summed E-state index contributed by atoms with van der Waals surface area (Å²) in [5.41, 5.74) is 3.87. The van der Waals surface area contributed by atoms with Gasteiger partial charge in [-0.25, -0.2) is 0 Å². The second-order valence-corrected chi connectivity index (χ2v) is 5.70. The summed E-state index contributed by atoms with van der Waals surface area (Å²) in [4.78, 5) is 25.9. The Balaban J connectivity index is 2.00. The van der Waals surface area contributed by atoms with E-state index in [-0.39, 0.29) is 11.7 Å². The number of carbonyl (C=O) groups is 2. The van der Waals surface area contributed by atoms with Crippen LogP contribution in [0.2, 0.25) is 5.02 Å². The Labute approximate surface area is 128 Å². The van der Waals surface area contributed by atoms with Gasteiger partial charge in [-0.15, -0.1) is 0 Å². The number of hydrogen-bond acceptors (Lipinski definition) is 2. The van der Waals surface area contributed by atoms with Gasteiger partial charge in [-0.05, 0) is 54.4 Å². The maximum absolute atomic E-state index is 12.6. The average molecular weight is 300 g/mol. The lowest BCUT2D eigenvalue weighted by Crippen LogP contribution is -2.20. The first kappa shape index (κ1) is 13.8. The van der Waals surface area contributed by atoms with Gasteiger partial charge in [0.15, 0.2) is 5.78 Å². The van der Waals surface area contributed by atoms with Crippen molar-refractivity contribution in [3.63, 3.8) is 0 Å². The van der Waals surface area contributed by atoms with Gasteiger partial charge in [0.2, 0.25) is 5.91 Å². The summed E-state index contributed by atoms with van der Waals surface area (Å²) in [6.07, 6.45) is 0.354. The van der Waals surface area contributed by atoms with Crippen molar-refractivity contribution in [2.45, 2.75) is 13.3 Å². The Bertz CT molecular complexity index is 767. The van der Waals surface area contributed by atoms with Gasteiger partial charge in [-0.1, -0.05) is 11.6 Å². The van der Waals surface area contributed by atoms with Crippen LogP contribution in [-0.2, 0) is 11.2 Å². The quantitative estimate of drug-likeness (QED) is 0.797. The van der Waals surface area contributed by atoms with Crippen molar-refractivity contribution >= 4 is 29.0 Å². The van der Waals surface area contributed by atoms with Crippen LogP contribution < -0.4 is 4.90 Å². The van der Waals surface area contributed by atoms with E-state index in [9.17, 15) is 9.59 Å². The van der Waals surface area contributed by atoms with E-state index in [1.807, 2.05) is 19.1 Å². The molecule has 1 aliphatic rings. The summed E-state index contributed by atoms with van der Waals surface area (Å²) in [6.45, 7) is 1.86. The van der Waals surface area contributed by atoms with E-state index in [0.717, 1.165) is 16.8 Å². The molecule has 1 aliphatic heterocycles. The Kier molecular flexibility index (Phi) is 3.30. The molecule has 0 saturated heterocycles. The summed E-state index contributed by atoms with van der Waals surface area (Å²) < 4.78 is 0. The van der Waals surface area contributed by atoms with Crippen LogP contribution in [0.3, 0.4) is 0 Å². The Hall–Kier alpha value is -2.13. The van der Waals surface area contributed by atoms with Crippen LogP contribution >= 0.6 is 11.6 Å². The number of likely N-dealkylation sites (N-methyl/N-ethyl adjacent to an activating group) is 1. The van der Waals surface area contributed by atoms with Crippen molar-refractivity contribution in [3.8, 4) is 0 Å². The fourth-order valence-corrected chi connectivity index (χ4v) is 2.88. The molecule has 0 atom stereocenters. The number of fused-ring (bicyclic) bond motifs is 1. The summed E-state index contributed by atoms with van der Waals surface area (Å²) in [6, 6.07) is 10.6. The molecule has 0 fully saturated rings. The van der Waals surface area contributed by atoms with Gasteiger partial charge < -0.3 is 4.90 Å². The number of carbonyl (C=O) groups excluding carboxylic acids is 2. The molecule has 4 heteroatoms. The van der Waals surface area contributed by atoms with Crippen LogP contribution in [0.25, 0.3) is 0 Å². The molecule has 0 unspecified atom stereocenters. The second kappa shape index (κ2) is 5.01. The number of amides is 1. The average Bonchev–Trinajstić information content (AvgIpc) is 2.73. The van der Waals surface area contributed by atoms with E-state index in [1.165, 1.54) is 0 Å². The van der Waals surface area contributed by atoms with E-state index < -0.39 is 0 Å². The van der Waals surface area contributed by atoms with Gasteiger partial charge in [0.25, 0.3) is 0 Å². The highest BCUT2D eigenvalue weighted by Gasteiger charge is 2.25. The van der Waals surface area contributed by atoms with Crippen LogP contribution in [0, 0.1) is 6.92 Å². The normalized spacial score (nSPS) is 13.5. The van der Waals surface area contributed by atoms with Crippen molar-refractivity contribution < 1.29 is 9.59 Å². The predicted molar refractivity (Wildman–Crippen MR) is 83.2 cm³/mol. The third-order valence-electron chi connectivity index (χ3n) is 3.85. The van der Waals surface area contributed by atoms with E-state index >= 15 is 0 Å². The molecule has 0 bridgehead atoms. The number of hydrogen-bond donors (Lipinski definition) is 0. The molecule has 3 rings (SSSR count). The monoisotopic (exact) mass is 299 g/mol. The molecule has 21 heavy (non-hydrogen) atoms. The van der Waals surface area contributed by atoms with Gasteiger partial charge in [-0.3, -0.25) is 9.59 Å². The topological polar surface area (TPSA) is 37.4 Å². The Morgan fingerprint density at radius 2 is 1.95 bits per heavy atom. The van der Waals surface area contributed by atoms with E-state index in [1.54, 1.807) is 36.2 Å². The number of halogens is 1. The maximum Gasteiger partial charge on any atom is 0.231 e. The maximum atomic E-state index is 12.6. The second-order valence-electron chi connectivity index (χ2n) is 5.26. The molecule has 2 aromatic carbocycles. The lowest BCUT2D eigenvalue weighted by Gasteiger charge is -2.11. The van der Waals surface area contributed by atoms with Crippen LogP contribution in [0.4, 0.5) is 5.69 Å².